The summed E-state index contributed by atoms with van der Waals surface area (Å²) in [4.78, 5) is 39.4. The number of ether oxygens (including phenoxy) is 2. The Balaban J connectivity index is 1.67. The molecule has 1 fully saturated rings. The molecule has 3 aromatic rings. The topological polar surface area (TPSA) is 84.9 Å². The van der Waals surface area contributed by atoms with Crippen LogP contribution in [0.15, 0.2) is 70.7 Å². The Morgan fingerprint density at radius 2 is 1.78 bits per heavy atom. The number of imide groups is 2. The number of urea groups is 1. The molecule has 1 heterocycles. The predicted molar refractivity (Wildman–Crippen MR) is 149 cm³/mol. The standard InChI is InChI=1S/C27H22BrIN2O5/c1-3-35-23-14-18(13-22(29)24(23)36-15-17-7-5-4-6-8-17)12-20-25(32)30-27(34)31(26(20)33)19-9-10-21(28)16(2)11-19/h4-14H,3,15H2,1-2H3,(H,30,32,34)/b20-12+. The zero-order valence-corrected chi connectivity index (χ0v) is 23.3. The Morgan fingerprint density at radius 3 is 2.47 bits per heavy atom. The molecule has 36 heavy (non-hydrogen) atoms. The van der Waals surface area contributed by atoms with Crippen LogP contribution in [0, 0.1) is 10.5 Å². The second-order valence-electron chi connectivity index (χ2n) is 7.93. The largest absolute Gasteiger partial charge is 0.490 e. The fourth-order valence-electron chi connectivity index (χ4n) is 3.63. The minimum atomic E-state index is -0.793. The van der Waals surface area contributed by atoms with Crippen molar-refractivity contribution in [3.63, 3.8) is 0 Å². The van der Waals surface area contributed by atoms with E-state index < -0.39 is 17.8 Å². The number of barbiturate groups is 1. The van der Waals surface area contributed by atoms with E-state index in [0.717, 1.165) is 24.1 Å². The van der Waals surface area contributed by atoms with Crippen molar-refractivity contribution in [1.82, 2.24) is 5.32 Å². The quantitative estimate of drug-likeness (QED) is 0.191. The predicted octanol–water partition coefficient (Wildman–Crippen LogP) is 6.01. The maximum atomic E-state index is 13.3. The van der Waals surface area contributed by atoms with E-state index in [0.29, 0.717) is 36.0 Å². The summed E-state index contributed by atoms with van der Waals surface area (Å²) in [7, 11) is 0. The number of nitrogens with one attached hydrogen (secondary N) is 1. The molecule has 0 atom stereocenters. The second kappa shape index (κ2) is 11.3. The number of hydrogen-bond acceptors (Lipinski definition) is 5. The van der Waals surface area contributed by atoms with Crippen molar-refractivity contribution in [2.24, 2.45) is 0 Å². The molecule has 0 radical (unpaired) electrons. The Hall–Kier alpha value is -3.18. The van der Waals surface area contributed by atoms with E-state index >= 15 is 0 Å². The normalized spacial score (nSPS) is 14.7. The van der Waals surface area contributed by atoms with E-state index in [1.165, 1.54) is 6.08 Å². The Kier molecular flexibility index (Phi) is 8.10. The van der Waals surface area contributed by atoms with Gasteiger partial charge in [0.15, 0.2) is 11.5 Å². The van der Waals surface area contributed by atoms with Gasteiger partial charge in [0.1, 0.15) is 12.2 Å². The SMILES string of the molecule is CCOc1cc(/C=C2\C(=O)NC(=O)N(c3ccc(Br)c(C)c3)C2=O)cc(I)c1OCc1ccccc1. The number of halogens is 2. The first-order valence-corrected chi connectivity index (χ1v) is 13.0. The monoisotopic (exact) mass is 660 g/mol. The van der Waals surface area contributed by atoms with Crippen LogP contribution in [0.1, 0.15) is 23.6 Å². The second-order valence-corrected chi connectivity index (χ2v) is 9.95. The summed E-state index contributed by atoms with van der Waals surface area (Å²) in [5.41, 5.74) is 2.63. The lowest BCUT2D eigenvalue weighted by Gasteiger charge is -2.26. The molecular weight excluding hydrogens is 639 g/mol. The molecule has 0 aliphatic carbocycles. The van der Waals surface area contributed by atoms with Crippen LogP contribution >= 0.6 is 38.5 Å². The number of amides is 4. The Bertz CT molecular complexity index is 1370. The zero-order valence-electron chi connectivity index (χ0n) is 19.5. The van der Waals surface area contributed by atoms with Crippen LogP contribution in [0.3, 0.4) is 0 Å². The molecule has 0 spiro atoms. The molecule has 1 N–H and O–H groups in total. The van der Waals surface area contributed by atoms with Gasteiger partial charge in [-0.2, -0.15) is 0 Å². The average molecular weight is 661 g/mol. The number of anilines is 1. The van der Waals surface area contributed by atoms with Gasteiger partial charge in [0, 0.05) is 4.47 Å². The minimum Gasteiger partial charge on any atom is -0.490 e. The lowest BCUT2D eigenvalue weighted by atomic mass is 10.1. The summed E-state index contributed by atoms with van der Waals surface area (Å²) >= 11 is 5.55. The van der Waals surface area contributed by atoms with Crippen LogP contribution in [0.2, 0.25) is 0 Å². The van der Waals surface area contributed by atoms with Crippen molar-refractivity contribution in [2.75, 3.05) is 11.5 Å². The smallest absolute Gasteiger partial charge is 0.335 e. The lowest BCUT2D eigenvalue weighted by Crippen LogP contribution is -2.54. The van der Waals surface area contributed by atoms with Crippen molar-refractivity contribution >= 4 is 68.1 Å². The third kappa shape index (κ3) is 5.62. The Morgan fingerprint density at radius 1 is 1.03 bits per heavy atom. The van der Waals surface area contributed by atoms with Crippen molar-refractivity contribution in [1.29, 1.82) is 0 Å². The van der Waals surface area contributed by atoms with Crippen LogP contribution in [0.4, 0.5) is 10.5 Å². The van der Waals surface area contributed by atoms with E-state index in [2.05, 4.69) is 43.8 Å². The number of carbonyl (C=O) groups is 3. The molecular formula is C27H22BrIN2O5. The van der Waals surface area contributed by atoms with Gasteiger partial charge in [-0.15, -0.1) is 0 Å². The first-order chi connectivity index (χ1) is 17.3. The van der Waals surface area contributed by atoms with Crippen molar-refractivity contribution in [3.05, 3.63) is 91.0 Å². The minimum absolute atomic E-state index is 0.161. The molecule has 3 aromatic carbocycles. The van der Waals surface area contributed by atoms with Crippen molar-refractivity contribution in [2.45, 2.75) is 20.5 Å². The van der Waals surface area contributed by atoms with Crippen LogP contribution < -0.4 is 19.7 Å². The summed E-state index contributed by atoms with van der Waals surface area (Å²) in [6.07, 6.45) is 1.45. The molecule has 9 heteroatoms. The number of nitrogens with zero attached hydrogens (tertiary/aromatic N) is 1. The zero-order chi connectivity index (χ0) is 25.8. The van der Waals surface area contributed by atoms with Gasteiger partial charge in [-0.05, 0) is 89.5 Å². The highest BCUT2D eigenvalue weighted by atomic mass is 127. The highest BCUT2D eigenvalue weighted by molar-refractivity contribution is 14.1. The molecule has 0 unspecified atom stereocenters. The molecule has 1 aliphatic heterocycles. The average Bonchev–Trinajstić information content (AvgIpc) is 2.84. The highest BCUT2D eigenvalue weighted by Gasteiger charge is 2.37. The third-order valence-electron chi connectivity index (χ3n) is 5.37. The fraction of sp³-hybridized carbons (Fsp3) is 0.148. The maximum Gasteiger partial charge on any atom is 0.335 e. The molecule has 1 saturated heterocycles. The van der Waals surface area contributed by atoms with Gasteiger partial charge in [0.25, 0.3) is 11.8 Å². The molecule has 0 saturated carbocycles. The van der Waals surface area contributed by atoms with E-state index in [4.69, 9.17) is 9.47 Å². The van der Waals surface area contributed by atoms with E-state index in [9.17, 15) is 14.4 Å². The molecule has 7 nitrogen and oxygen atoms in total. The molecule has 1 aliphatic rings. The summed E-state index contributed by atoms with van der Waals surface area (Å²) < 4.78 is 13.5. The van der Waals surface area contributed by atoms with Crippen LogP contribution in [-0.2, 0) is 16.2 Å². The summed E-state index contributed by atoms with van der Waals surface area (Å²) in [6.45, 7) is 4.48. The number of hydrogen-bond donors (Lipinski definition) is 1. The van der Waals surface area contributed by atoms with Gasteiger partial charge in [-0.1, -0.05) is 46.3 Å². The van der Waals surface area contributed by atoms with Crippen molar-refractivity contribution < 1.29 is 23.9 Å². The number of carbonyl (C=O) groups excluding carboxylic acids is 3. The molecule has 0 aromatic heterocycles. The number of benzene rings is 3. The molecule has 184 valence electrons. The fourth-order valence-corrected chi connectivity index (χ4v) is 4.66. The summed E-state index contributed by atoms with van der Waals surface area (Å²) in [6, 6.07) is 17.6. The first-order valence-electron chi connectivity index (χ1n) is 11.1. The van der Waals surface area contributed by atoms with Crippen LogP contribution in [0.25, 0.3) is 6.08 Å². The highest BCUT2D eigenvalue weighted by Crippen LogP contribution is 2.36. The number of rotatable bonds is 7. The van der Waals surface area contributed by atoms with Crippen LogP contribution in [-0.4, -0.2) is 24.5 Å². The van der Waals surface area contributed by atoms with Gasteiger partial charge in [0.05, 0.1) is 15.9 Å². The Labute approximate surface area is 230 Å². The van der Waals surface area contributed by atoms with Gasteiger partial charge in [0.2, 0.25) is 0 Å². The maximum absolute atomic E-state index is 13.3. The van der Waals surface area contributed by atoms with E-state index in [1.54, 1.807) is 30.3 Å². The van der Waals surface area contributed by atoms with E-state index in [1.807, 2.05) is 44.2 Å². The third-order valence-corrected chi connectivity index (χ3v) is 7.06. The molecule has 4 amide bonds. The summed E-state index contributed by atoms with van der Waals surface area (Å²) in [5.74, 6) is -0.396. The molecule has 0 bridgehead atoms. The lowest BCUT2D eigenvalue weighted by molar-refractivity contribution is -0.122. The molecule has 4 rings (SSSR count). The summed E-state index contributed by atoms with van der Waals surface area (Å²) in [5, 5.41) is 2.26. The van der Waals surface area contributed by atoms with Gasteiger partial charge in [-0.3, -0.25) is 14.9 Å². The number of aryl methyl sites for hydroxylation is 1. The van der Waals surface area contributed by atoms with Crippen LogP contribution in [0.5, 0.6) is 11.5 Å². The van der Waals surface area contributed by atoms with E-state index in [-0.39, 0.29) is 5.57 Å². The van der Waals surface area contributed by atoms with Gasteiger partial charge >= 0.3 is 6.03 Å². The first kappa shape index (κ1) is 25.9. The van der Waals surface area contributed by atoms with Gasteiger partial charge in [-0.25, -0.2) is 9.69 Å². The van der Waals surface area contributed by atoms with Gasteiger partial charge < -0.3 is 9.47 Å². The van der Waals surface area contributed by atoms with Crippen molar-refractivity contribution in [3.8, 4) is 11.5 Å².